The molecule has 2 aromatic heterocycles. The van der Waals surface area contributed by atoms with Crippen LogP contribution in [0.1, 0.15) is 140 Å². The molecule has 8 aromatic rings. The number of aromatic hydroxyl groups is 1. The second-order valence-corrected chi connectivity index (χ2v) is 16.9. The molecule has 0 saturated carbocycles. The normalized spacial score (nSPS) is 18.9. The quantitative estimate of drug-likeness (QED) is 0.162. The Morgan fingerprint density at radius 2 is 1.37 bits per heavy atom. The van der Waals surface area contributed by atoms with Gasteiger partial charge in [-0.25, -0.2) is 4.98 Å². The minimum Gasteiger partial charge on any atom is -0.507 e. The maximum atomic E-state index is 13.0. The van der Waals surface area contributed by atoms with E-state index in [2.05, 4.69) is 6.07 Å². The molecule has 0 radical (unpaired) electrons. The maximum absolute atomic E-state index is 13.0. The number of fused-ring (bicyclic) bond motifs is 1. The predicted molar refractivity (Wildman–Crippen MR) is 261 cm³/mol. The average Bonchev–Trinajstić information content (AvgIpc) is 3.94. The third-order valence-corrected chi connectivity index (χ3v) is 11.1. The Balaban J connectivity index is 0.0000104. The second kappa shape index (κ2) is 17.2. The molecule has 6 aromatic carbocycles. The van der Waals surface area contributed by atoms with Gasteiger partial charge in [-0.05, 0) is 87.1 Å². The first-order chi connectivity index (χ1) is 38.3. The molecule has 8 rings (SSSR count). The smallest absolute Gasteiger partial charge is 0.148 e. The molecule has 0 saturated heterocycles. The Morgan fingerprint density at radius 1 is 0.651 bits per heavy atom. The molecule has 0 aliphatic heterocycles. The first-order valence-electron chi connectivity index (χ1n) is 31.0. The van der Waals surface area contributed by atoms with Crippen molar-refractivity contribution in [2.75, 3.05) is 0 Å². The van der Waals surface area contributed by atoms with Gasteiger partial charge in [0.05, 0.1) is 22.3 Å². The van der Waals surface area contributed by atoms with E-state index in [4.69, 9.17) is 40.1 Å². The zero-order valence-electron chi connectivity index (χ0n) is 57.3. The van der Waals surface area contributed by atoms with Gasteiger partial charge < -0.3 is 5.11 Å². The zero-order chi connectivity index (χ0) is 62.7. The molecule has 1 N–H and O–H groups in total. The Bertz CT molecular complexity index is 3710. The predicted octanol–water partition coefficient (Wildman–Crippen LogP) is 15.6. The van der Waals surface area contributed by atoms with E-state index in [9.17, 15) is 5.11 Å². The van der Waals surface area contributed by atoms with Crippen LogP contribution in [0.5, 0.6) is 5.75 Å². The van der Waals surface area contributed by atoms with Crippen LogP contribution >= 0.6 is 0 Å². The molecule has 324 valence electrons. The summed E-state index contributed by atoms with van der Waals surface area (Å²) in [6, 6.07) is 37.0. The Labute approximate surface area is 420 Å². The Kier molecular flexibility index (Phi) is 6.84. The average molecular weight is 1030 g/mol. The van der Waals surface area contributed by atoms with Gasteiger partial charge in [0.2, 0.25) is 0 Å². The van der Waals surface area contributed by atoms with E-state index in [1.165, 1.54) is 16.7 Å². The molecular weight excluding hydrogens is 950 g/mol. The van der Waals surface area contributed by atoms with E-state index in [0.717, 1.165) is 5.56 Å². The van der Waals surface area contributed by atoms with Crippen LogP contribution in [0.3, 0.4) is 0 Å². The van der Waals surface area contributed by atoms with Gasteiger partial charge in [-0.3, -0.25) is 9.55 Å². The summed E-state index contributed by atoms with van der Waals surface area (Å²) in [4.78, 5) is 9.86. The molecule has 0 unspecified atom stereocenters. The van der Waals surface area contributed by atoms with Gasteiger partial charge in [-0.1, -0.05) is 177 Å². The number of hydrogen-bond acceptors (Lipinski definition) is 3. The summed E-state index contributed by atoms with van der Waals surface area (Å²) in [5.74, 6) is -3.12. The molecule has 0 aliphatic rings. The van der Waals surface area contributed by atoms with E-state index >= 15 is 0 Å². The zero-order valence-corrected chi connectivity index (χ0v) is 37.6. The van der Waals surface area contributed by atoms with Crippen molar-refractivity contribution in [3.63, 3.8) is 0 Å². The fourth-order valence-electron chi connectivity index (χ4n) is 7.65. The van der Waals surface area contributed by atoms with E-state index in [-0.39, 0.29) is 49.4 Å². The number of para-hydroxylation sites is 1. The van der Waals surface area contributed by atoms with Crippen LogP contribution in [-0.2, 0) is 37.3 Å². The van der Waals surface area contributed by atoms with Crippen LogP contribution in [0.2, 0.25) is 0 Å². The number of benzene rings is 6. The first-order valence-corrected chi connectivity index (χ1v) is 20.0. The van der Waals surface area contributed by atoms with Gasteiger partial charge in [0.15, 0.2) is 0 Å². The summed E-state index contributed by atoms with van der Waals surface area (Å²) in [5.41, 5.74) is -6.47. The summed E-state index contributed by atoms with van der Waals surface area (Å²) in [5, 5.41) is 13.0. The number of imidazole rings is 1. The molecule has 5 heteroatoms. The van der Waals surface area contributed by atoms with Crippen molar-refractivity contribution in [1.82, 2.24) is 14.5 Å². The summed E-state index contributed by atoms with van der Waals surface area (Å²) in [6.07, 6.45) is 1.60. The van der Waals surface area contributed by atoms with Crippen LogP contribution in [-0.4, -0.2) is 19.6 Å². The van der Waals surface area contributed by atoms with Gasteiger partial charge in [-0.15, -0.1) is 29.3 Å². The maximum Gasteiger partial charge on any atom is 0.148 e. The SMILES string of the molecule is [2H]C([2H])([2H])c1ccc(-c2ccnc(-c3[c-]c(-c4cccc5c4nc(-c4cc(C(C([2H])([2H])[2H])(C([2H])([2H])[2H])C([2H])([2H])[2H])cc(C(C([2H])([2H])[2H])(C([2H])([2H])[2H])C([2H])([2H])[2H])c4O)n5-c4ccc(C([2H])(C)C)cc4-c4ccccc4)cc(C(C)(C)C)c3)c2)cc1.[Pt]. The molecule has 4 nitrogen and oxygen atoms in total. The van der Waals surface area contributed by atoms with Crippen molar-refractivity contribution in [3.8, 4) is 67.5 Å². The fourth-order valence-corrected chi connectivity index (χ4v) is 7.65. The summed E-state index contributed by atoms with van der Waals surface area (Å²) >= 11 is 0. The van der Waals surface area contributed by atoms with E-state index < -0.39 is 98.4 Å². The molecule has 0 aliphatic carbocycles. The molecule has 2 heterocycles. The van der Waals surface area contributed by atoms with E-state index in [1.807, 2.05) is 39.0 Å². The van der Waals surface area contributed by atoms with Crippen molar-refractivity contribution in [2.45, 2.75) is 105 Å². The first kappa shape index (κ1) is 25.1. The molecule has 0 amide bonds. The van der Waals surface area contributed by atoms with Gasteiger partial charge in [0.1, 0.15) is 11.6 Å². The number of hydrogen-bond donors (Lipinski definition) is 1. The molecule has 0 spiro atoms. The van der Waals surface area contributed by atoms with Gasteiger partial charge >= 0.3 is 0 Å². The van der Waals surface area contributed by atoms with Crippen molar-refractivity contribution in [1.29, 1.82) is 0 Å². The summed E-state index contributed by atoms with van der Waals surface area (Å²) in [6.45, 7) is -17.8. The van der Waals surface area contributed by atoms with Crippen LogP contribution in [0, 0.1) is 12.9 Å². The van der Waals surface area contributed by atoms with Crippen molar-refractivity contribution < 1.29 is 56.3 Å². The third kappa shape index (κ3) is 9.11. The van der Waals surface area contributed by atoms with Crippen molar-refractivity contribution in [3.05, 3.63) is 167 Å². The topological polar surface area (TPSA) is 50.9 Å². The number of phenols is 1. The standard InChI is InChI=1S/C58H60N3O.Pt/c1-36(2)40-25-26-51(47(32-40)39-17-14-13-15-18-39)61-52-20-16-19-46(53(52)60-55(61)48-34-45(57(7,8)9)35-49(54(48)62)58(10,11)12)42-29-43(31-44(30-42)56(4,5)6)50-33-41(27-28-59-50)38-23-21-37(3)22-24-38;/h13-28,30-36,62H,1-12H3;/q-1;/i3D3,7D3,8D3,9D3,10D3,11D3,12D3,36D;. The Morgan fingerprint density at radius 3 is 2.05 bits per heavy atom. The number of nitrogens with zero attached hydrogens (tertiary/aromatic N) is 3. The molecule has 0 atom stereocenters. The molecule has 63 heavy (non-hydrogen) atoms. The number of aryl methyl sites for hydroxylation is 1. The molecule has 0 fully saturated rings. The van der Waals surface area contributed by atoms with Gasteiger partial charge in [-0.2, -0.15) is 0 Å². The van der Waals surface area contributed by atoms with Crippen LogP contribution < -0.4 is 0 Å². The minimum absolute atomic E-state index is 0. The largest absolute Gasteiger partial charge is 0.507 e. The fraction of sp³-hybridized carbons (Fsp3) is 0.276. The summed E-state index contributed by atoms with van der Waals surface area (Å²) in [7, 11) is 0. The molecule has 0 bridgehead atoms. The van der Waals surface area contributed by atoms with Crippen LogP contribution in [0.25, 0.3) is 72.7 Å². The second-order valence-electron chi connectivity index (χ2n) is 16.9. The number of pyridine rings is 1. The monoisotopic (exact) mass is 1030 g/mol. The third-order valence-electron chi connectivity index (χ3n) is 11.1. The van der Waals surface area contributed by atoms with Gasteiger partial charge in [0.25, 0.3) is 0 Å². The van der Waals surface area contributed by atoms with Crippen molar-refractivity contribution >= 4 is 11.0 Å². The van der Waals surface area contributed by atoms with E-state index in [1.54, 1.807) is 105 Å². The Hall–Kier alpha value is -5.57. The number of aromatic nitrogens is 3. The number of phenolic OH excluding ortho intramolecular Hbond substituents is 1. The minimum atomic E-state index is -4.18. The van der Waals surface area contributed by atoms with Crippen LogP contribution in [0.4, 0.5) is 0 Å². The number of rotatable bonds is 7. The van der Waals surface area contributed by atoms with Gasteiger partial charge in [0, 0.05) is 74.2 Å². The molecular formula is C58H60N3OPt-. The summed E-state index contributed by atoms with van der Waals surface area (Å²) < 4.78 is 192. The van der Waals surface area contributed by atoms with Crippen molar-refractivity contribution in [2.24, 2.45) is 0 Å². The van der Waals surface area contributed by atoms with E-state index in [0.29, 0.717) is 56.3 Å². The van der Waals surface area contributed by atoms with Crippen LogP contribution in [0.15, 0.2) is 134 Å².